The summed E-state index contributed by atoms with van der Waals surface area (Å²) < 4.78 is 0. The third-order valence-electron chi connectivity index (χ3n) is 3.23. The Kier molecular flexibility index (Phi) is 3.13. The first-order valence-corrected chi connectivity index (χ1v) is 5.03. The Balaban J connectivity index is 2.36. The van der Waals surface area contributed by atoms with Gasteiger partial charge in [0.2, 0.25) is 0 Å². The molecule has 72 valence electrons. The first-order valence-electron chi connectivity index (χ1n) is 5.03. The van der Waals surface area contributed by atoms with Crippen LogP contribution in [-0.2, 0) is 0 Å². The van der Waals surface area contributed by atoms with Gasteiger partial charge in [-0.1, -0.05) is 0 Å². The van der Waals surface area contributed by atoms with Crippen molar-refractivity contribution in [1.82, 2.24) is 0 Å². The molecule has 2 heteroatoms. The topological polar surface area (TPSA) is 52.0 Å². The zero-order valence-electron chi connectivity index (χ0n) is 8.34. The van der Waals surface area contributed by atoms with E-state index in [1.165, 1.54) is 25.7 Å². The van der Waals surface area contributed by atoms with Gasteiger partial charge in [0.25, 0.3) is 0 Å². The molecule has 0 aromatic carbocycles. The standard InChI is InChI=1S/C10H22N2/c1-10(2,12)9-5-3-8(7-11)4-6-9/h8-9H,3-7,11-12H2,1-2H3/t8-,9-. The number of nitrogens with two attached hydrogens (primary N) is 2. The molecular formula is C10H22N2. The van der Waals surface area contributed by atoms with Crippen LogP contribution in [0, 0.1) is 11.8 Å². The third-order valence-corrected chi connectivity index (χ3v) is 3.23. The minimum Gasteiger partial charge on any atom is -0.330 e. The van der Waals surface area contributed by atoms with Crippen LogP contribution in [0.1, 0.15) is 39.5 Å². The fourth-order valence-corrected chi connectivity index (χ4v) is 2.14. The monoisotopic (exact) mass is 170 g/mol. The van der Waals surface area contributed by atoms with Gasteiger partial charge in [-0.2, -0.15) is 0 Å². The minimum absolute atomic E-state index is 0.0135. The van der Waals surface area contributed by atoms with Gasteiger partial charge in [-0.3, -0.25) is 0 Å². The fourth-order valence-electron chi connectivity index (χ4n) is 2.14. The Bertz CT molecular complexity index is 129. The van der Waals surface area contributed by atoms with Crippen LogP contribution < -0.4 is 11.5 Å². The molecule has 0 spiro atoms. The lowest BCUT2D eigenvalue weighted by molar-refractivity contribution is 0.200. The van der Waals surface area contributed by atoms with E-state index in [-0.39, 0.29) is 5.54 Å². The van der Waals surface area contributed by atoms with E-state index >= 15 is 0 Å². The smallest absolute Gasteiger partial charge is 0.0125 e. The molecule has 0 aromatic heterocycles. The minimum atomic E-state index is 0.0135. The molecule has 12 heavy (non-hydrogen) atoms. The van der Waals surface area contributed by atoms with Crippen LogP contribution in [0.4, 0.5) is 0 Å². The van der Waals surface area contributed by atoms with E-state index in [0.29, 0.717) is 5.92 Å². The summed E-state index contributed by atoms with van der Waals surface area (Å²) in [6.45, 7) is 5.14. The van der Waals surface area contributed by atoms with Crippen LogP contribution in [0.2, 0.25) is 0 Å². The second kappa shape index (κ2) is 3.75. The average Bonchev–Trinajstić information content (AvgIpc) is 2.03. The lowest BCUT2D eigenvalue weighted by Crippen LogP contribution is -2.43. The molecule has 0 amide bonds. The van der Waals surface area contributed by atoms with Crippen LogP contribution >= 0.6 is 0 Å². The van der Waals surface area contributed by atoms with Gasteiger partial charge in [-0.25, -0.2) is 0 Å². The zero-order valence-corrected chi connectivity index (χ0v) is 8.34. The summed E-state index contributed by atoms with van der Waals surface area (Å²) in [7, 11) is 0. The molecule has 1 fully saturated rings. The highest BCUT2D eigenvalue weighted by molar-refractivity contribution is 4.86. The summed E-state index contributed by atoms with van der Waals surface area (Å²) in [4.78, 5) is 0. The summed E-state index contributed by atoms with van der Waals surface area (Å²) in [6.07, 6.45) is 5.10. The molecule has 0 bridgehead atoms. The Morgan fingerprint density at radius 2 is 1.67 bits per heavy atom. The largest absolute Gasteiger partial charge is 0.330 e. The summed E-state index contributed by atoms with van der Waals surface area (Å²) >= 11 is 0. The maximum atomic E-state index is 6.07. The van der Waals surface area contributed by atoms with Crippen LogP contribution in [-0.4, -0.2) is 12.1 Å². The second-order valence-corrected chi connectivity index (χ2v) is 4.77. The Labute approximate surface area is 75.7 Å². The summed E-state index contributed by atoms with van der Waals surface area (Å²) in [5.74, 6) is 1.48. The van der Waals surface area contributed by atoms with Gasteiger partial charge in [0.1, 0.15) is 0 Å². The predicted octanol–water partition coefficient (Wildman–Crippen LogP) is 1.49. The molecule has 1 aliphatic carbocycles. The number of hydrogen-bond acceptors (Lipinski definition) is 2. The van der Waals surface area contributed by atoms with Crippen molar-refractivity contribution in [1.29, 1.82) is 0 Å². The molecule has 1 rings (SSSR count). The maximum absolute atomic E-state index is 6.07. The van der Waals surface area contributed by atoms with Crippen LogP contribution in [0.3, 0.4) is 0 Å². The molecule has 2 nitrogen and oxygen atoms in total. The quantitative estimate of drug-likeness (QED) is 0.659. The van der Waals surface area contributed by atoms with Crippen LogP contribution in [0.15, 0.2) is 0 Å². The summed E-state index contributed by atoms with van der Waals surface area (Å²) in [5.41, 5.74) is 11.7. The van der Waals surface area contributed by atoms with Gasteiger partial charge >= 0.3 is 0 Å². The molecule has 0 saturated heterocycles. The average molecular weight is 170 g/mol. The molecule has 0 unspecified atom stereocenters. The molecule has 0 atom stereocenters. The van der Waals surface area contributed by atoms with E-state index in [4.69, 9.17) is 11.5 Å². The molecule has 4 N–H and O–H groups in total. The SMILES string of the molecule is CC(C)(N)[C@H]1CC[C@H](CN)CC1. The molecule has 1 aliphatic rings. The van der Waals surface area contributed by atoms with E-state index in [9.17, 15) is 0 Å². The molecule has 0 aliphatic heterocycles. The number of rotatable bonds is 2. The van der Waals surface area contributed by atoms with Crippen molar-refractivity contribution in [2.45, 2.75) is 45.1 Å². The molecule has 0 aromatic rings. The Hall–Kier alpha value is -0.0800. The van der Waals surface area contributed by atoms with Gasteiger partial charge in [0.15, 0.2) is 0 Å². The zero-order chi connectivity index (χ0) is 9.19. The first-order chi connectivity index (χ1) is 5.54. The highest BCUT2D eigenvalue weighted by Crippen LogP contribution is 2.33. The predicted molar refractivity (Wildman–Crippen MR) is 52.8 cm³/mol. The van der Waals surface area contributed by atoms with E-state index in [1.807, 2.05) is 0 Å². The summed E-state index contributed by atoms with van der Waals surface area (Å²) in [5, 5.41) is 0. The molecule has 0 heterocycles. The lowest BCUT2D eigenvalue weighted by atomic mass is 9.74. The van der Waals surface area contributed by atoms with Crippen molar-refractivity contribution in [3.8, 4) is 0 Å². The molecular weight excluding hydrogens is 148 g/mol. The van der Waals surface area contributed by atoms with Gasteiger partial charge in [0, 0.05) is 5.54 Å². The van der Waals surface area contributed by atoms with Crippen molar-refractivity contribution in [2.24, 2.45) is 23.3 Å². The second-order valence-electron chi connectivity index (χ2n) is 4.77. The Morgan fingerprint density at radius 3 is 2.00 bits per heavy atom. The molecule has 1 saturated carbocycles. The van der Waals surface area contributed by atoms with Crippen LogP contribution in [0.25, 0.3) is 0 Å². The van der Waals surface area contributed by atoms with Crippen molar-refractivity contribution < 1.29 is 0 Å². The summed E-state index contributed by atoms with van der Waals surface area (Å²) in [6, 6.07) is 0. The fraction of sp³-hybridized carbons (Fsp3) is 1.00. The number of hydrogen-bond donors (Lipinski definition) is 2. The first kappa shape index (κ1) is 10.0. The lowest BCUT2D eigenvalue weighted by Gasteiger charge is -2.36. The highest BCUT2D eigenvalue weighted by atomic mass is 14.7. The highest BCUT2D eigenvalue weighted by Gasteiger charge is 2.29. The van der Waals surface area contributed by atoms with E-state index in [1.54, 1.807) is 0 Å². The molecule has 0 radical (unpaired) electrons. The van der Waals surface area contributed by atoms with Gasteiger partial charge in [-0.05, 0) is 57.9 Å². The maximum Gasteiger partial charge on any atom is 0.0125 e. The van der Waals surface area contributed by atoms with Gasteiger partial charge < -0.3 is 11.5 Å². The van der Waals surface area contributed by atoms with Crippen molar-refractivity contribution in [2.75, 3.05) is 6.54 Å². The van der Waals surface area contributed by atoms with Crippen molar-refractivity contribution in [3.63, 3.8) is 0 Å². The van der Waals surface area contributed by atoms with Gasteiger partial charge in [-0.15, -0.1) is 0 Å². The van der Waals surface area contributed by atoms with Crippen molar-refractivity contribution >= 4 is 0 Å². The van der Waals surface area contributed by atoms with E-state index < -0.39 is 0 Å². The van der Waals surface area contributed by atoms with E-state index in [2.05, 4.69) is 13.8 Å². The Morgan fingerprint density at radius 1 is 1.17 bits per heavy atom. The third kappa shape index (κ3) is 2.46. The van der Waals surface area contributed by atoms with Gasteiger partial charge in [0.05, 0.1) is 0 Å². The van der Waals surface area contributed by atoms with Crippen LogP contribution in [0.5, 0.6) is 0 Å². The van der Waals surface area contributed by atoms with E-state index in [0.717, 1.165) is 12.5 Å². The van der Waals surface area contributed by atoms with Crippen molar-refractivity contribution in [3.05, 3.63) is 0 Å². The normalized spacial score (nSPS) is 32.0.